The summed E-state index contributed by atoms with van der Waals surface area (Å²) in [6, 6.07) is 6.21. The summed E-state index contributed by atoms with van der Waals surface area (Å²) in [4.78, 5) is 11.7. The normalized spacial score (nSPS) is 10.6. The van der Waals surface area contributed by atoms with E-state index < -0.39 is 9.84 Å². The van der Waals surface area contributed by atoms with Crippen LogP contribution in [0.5, 0.6) is 5.75 Å². The van der Waals surface area contributed by atoms with E-state index in [1.807, 2.05) is 7.05 Å². The van der Waals surface area contributed by atoms with Crippen LogP contribution in [0.3, 0.4) is 0 Å². The predicted molar refractivity (Wildman–Crippen MR) is 88.5 cm³/mol. The summed E-state index contributed by atoms with van der Waals surface area (Å²) in [5.41, 5.74) is 0. The number of amides is 1. The van der Waals surface area contributed by atoms with Crippen molar-refractivity contribution in [2.45, 2.75) is 17.7 Å². The highest BCUT2D eigenvalue weighted by molar-refractivity contribution is 7.90. The Bertz CT molecular complexity index is 546. The molecule has 0 aromatic heterocycles. The van der Waals surface area contributed by atoms with Crippen molar-refractivity contribution in [3.8, 4) is 5.75 Å². The number of rotatable bonds is 9. The number of hydrogen-bond acceptors (Lipinski definition) is 5. The number of sulfone groups is 1. The van der Waals surface area contributed by atoms with Gasteiger partial charge in [-0.3, -0.25) is 4.79 Å². The van der Waals surface area contributed by atoms with Crippen LogP contribution in [0.2, 0.25) is 0 Å². The molecule has 0 bridgehead atoms. The molecule has 0 heterocycles. The van der Waals surface area contributed by atoms with Gasteiger partial charge in [0, 0.05) is 12.7 Å². The Morgan fingerprint density at radius 1 is 1.18 bits per heavy atom. The Balaban J connectivity index is 0.00000441. The molecule has 0 saturated heterocycles. The number of nitrogens with one attached hydrogen (secondary N) is 2. The van der Waals surface area contributed by atoms with Gasteiger partial charge in [-0.15, -0.1) is 12.4 Å². The Kier molecular flexibility index (Phi) is 9.80. The topological polar surface area (TPSA) is 84.5 Å². The quantitative estimate of drug-likeness (QED) is 0.649. The van der Waals surface area contributed by atoms with Gasteiger partial charge < -0.3 is 15.4 Å². The highest BCUT2D eigenvalue weighted by Gasteiger charge is 2.06. The number of carbonyl (C=O) groups excluding carboxylic acids is 1. The summed E-state index contributed by atoms with van der Waals surface area (Å²) in [6.45, 7) is 1.58. The second-order valence-electron chi connectivity index (χ2n) is 4.65. The third-order valence-corrected chi connectivity index (χ3v) is 3.90. The minimum absolute atomic E-state index is 0. The third-order valence-electron chi connectivity index (χ3n) is 2.78. The van der Waals surface area contributed by atoms with E-state index in [9.17, 15) is 13.2 Å². The van der Waals surface area contributed by atoms with Gasteiger partial charge in [0.25, 0.3) is 0 Å². The first kappa shape index (κ1) is 20.7. The molecule has 0 fully saturated rings. The fraction of sp³-hybridized carbons (Fsp3) is 0.500. The van der Waals surface area contributed by atoms with E-state index >= 15 is 0 Å². The van der Waals surface area contributed by atoms with Crippen LogP contribution >= 0.6 is 12.4 Å². The zero-order chi connectivity index (χ0) is 15.7. The van der Waals surface area contributed by atoms with Crippen LogP contribution in [0.1, 0.15) is 12.8 Å². The standard InChI is InChI=1S/C14H22N2O4S.ClH/c1-15-9-3-4-14(17)16-10-11-20-12-5-7-13(8-6-12)21(2,18)19;/h5-8,15H,3-4,9-11H2,1-2H3,(H,16,17);1H. The average Bonchev–Trinajstić information content (AvgIpc) is 2.43. The second kappa shape index (κ2) is 10.4. The van der Waals surface area contributed by atoms with Gasteiger partial charge in [-0.25, -0.2) is 8.42 Å². The maximum absolute atomic E-state index is 11.4. The van der Waals surface area contributed by atoms with Crippen molar-refractivity contribution in [2.24, 2.45) is 0 Å². The fourth-order valence-corrected chi connectivity index (χ4v) is 2.29. The lowest BCUT2D eigenvalue weighted by molar-refractivity contribution is -0.121. The van der Waals surface area contributed by atoms with Gasteiger partial charge in [0.05, 0.1) is 11.4 Å². The van der Waals surface area contributed by atoms with E-state index in [1.165, 1.54) is 12.1 Å². The van der Waals surface area contributed by atoms with Gasteiger partial charge in [0.15, 0.2) is 9.84 Å². The Morgan fingerprint density at radius 2 is 1.82 bits per heavy atom. The first-order chi connectivity index (χ1) is 9.93. The largest absolute Gasteiger partial charge is 0.492 e. The number of carbonyl (C=O) groups is 1. The van der Waals surface area contributed by atoms with E-state index in [0.717, 1.165) is 19.2 Å². The predicted octanol–water partition coefficient (Wildman–Crippen LogP) is 1.01. The summed E-state index contributed by atoms with van der Waals surface area (Å²) in [5, 5.41) is 5.74. The SMILES string of the molecule is CNCCCC(=O)NCCOc1ccc(S(C)(=O)=O)cc1.Cl. The number of hydrogen-bond donors (Lipinski definition) is 2. The summed E-state index contributed by atoms with van der Waals surface area (Å²) in [6.07, 6.45) is 2.45. The molecule has 8 heteroatoms. The van der Waals surface area contributed by atoms with Crippen LogP contribution in [-0.4, -0.2) is 47.3 Å². The Labute approximate surface area is 138 Å². The lowest BCUT2D eigenvalue weighted by Gasteiger charge is -2.08. The van der Waals surface area contributed by atoms with Crippen LogP contribution in [0, 0.1) is 0 Å². The molecule has 126 valence electrons. The van der Waals surface area contributed by atoms with Crippen LogP contribution < -0.4 is 15.4 Å². The molecule has 1 aromatic rings. The molecule has 22 heavy (non-hydrogen) atoms. The van der Waals surface area contributed by atoms with Crippen LogP contribution in [-0.2, 0) is 14.6 Å². The average molecular weight is 351 g/mol. The zero-order valence-electron chi connectivity index (χ0n) is 12.8. The van der Waals surface area contributed by atoms with Gasteiger partial charge in [0.1, 0.15) is 12.4 Å². The number of benzene rings is 1. The summed E-state index contributed by atoms with van der Waals surface area (Å²) >= 11 is 0. The first-order valence-corrected chi connectivity index (χ1v) is 8.67. The summed E-state index contributed by atoms with van der Waals surface area (Å²) in [5.74, 6) is 0.577. The van der Waals surface area contributed by atoms with E-state index in [0.29, 0.717) is 25.3 Å². The molecule has 0 radical (unpaired) electrons. The lowest BCUT2D eigenvalue weighted by atomic mass is 10.3. The van der Waals surface area contributed by atoms with Crippen LogP contribution in [0.15, 0.2) is 29.2 Å². The van der Waals surface area contributed by atoms with Gasteiger partial charge in [-0.2, -0.15) is 0 Å². The smallest absolute Gasteiger partial charge is 0.220 e. The molecule has 2 N–H and O–H groups in total. The molecular weight excluding hydrogens is 328 g/mol. The van der Waals surface area contributed by atoms with Gasteiger partial charge in [-0.1, -0.05) is 0 Å². The Morgan fingerprint density at radius 3 is 2.36 bits per heavy atom. The molecule has 0 aliphatic heterocycles. The summed E-state index contributed by atoms with van der Waals surface area (Å²) in [7, 11) is -1.34. The number of ether oxygens (including phenoxy) is 1. The molecule has 0 saturated carbocycles. The number of halogens is 1. The van der Waals surface area contributed by atoms with Crippen molar-refractivity contribution >= 4 is 28.2 Å². The molecule has 0 atom stereocenters. The van der Waals surface area contributed by atoms with Crippen molar-refractivity contribution in [2.75, 3.05) is 33.0 Å². The maximum Gasteiger partial charge on any atom is 0.220 e. The molecule has 1 aromatic carbocycles. The molecular formula is C14H23ClN2O4S. The fourth-order valence-electron chi connectivity index (χ4n) is 1.66. The third kappa shape index (κ3) is 8.21. The molecule has 1 rings (SSSR count). The first-order valence-electron chi connectivity index (χ1n) is 6.77. The second-order valence-corrected chi connectivity index (χ2v) is 6.66. The molecule has 6 nitrogen and oxygen atoms in total. The van der Waals surface area contributed by atoms with E-state index in [4.69, 9.17) is 4.74 Å². The highest BCUT2D eigenvalue weighted by Crippen LogP contribution is 2.15. The Hall–Kier alpha value is -1.31. The van der Waals surface area contributed by atoms with Crippen LogP contribution in [0.25, 0.3) is 0 Å². The molecule has 0 aliphatic carbocycles. The van der Waals surface area contributed by atoms with Gasteiger partial charge in [-0.05, 0) is 44.3 Å². The monoisotopic (exact) mass is 350 g/mol. The van der Waals surface area contributed by atoms with Crippen LogP contribution in [0.4, 0.5) is 0 Å². The molecule has 0 unspecified atom stereocenters. The van der Waals surface area contributed by atoms with Crippen molar-refractivity contribution in [1.82, 2.24) is 10.6 Å². The van der Waals surface area contributed by atoms with E-state index in [-0.39, 0.29) is 23.2 Å². The van der Waals surface area contributed by atoms with E-state index in [1.54, 1.807) is 12.1 Å². The van der Waals surface area contributed by atoms with Gasteiger partial charge in [0.2, 0.25) is 5.91 Å². The molecule has 0 spiro atoms. The maximum atomic E-state index is 11.4. The van der Waals surface area contributed by atoms with Crippen molar-refractivity contribution in [3.05, 3.63) is 24.3 Å². The van der Waals surface area contributed by atoms with Crippen molar-refractivity contribution < 1.29 is 17.9 Å². The lowest BCUT2D eigenvalue weighted by Crippen LogP contribution is -2.28. The van der Waals surface area contributed by atoms with Crippen molar-refractivity contribution in [1.29, 1.82) is 0 Å². The highest BCUT2D eigenvalue weighted by atomic mass is 35.5. The van der Waals surface area contributed by atoms with E-state index in [2.05, 4.69) is 10.6 Å². The van der Waals surface area contributed by atoms with Gasteiger partial charge >= 0.3 is 0 Å². The van der Waals surface area contributed by atoms with Crippen molar-refractivity contribution in [3.63, 3.8) is 0 Å². The summed E-state index contributed by atoms with van der Waals surface area (Å²) < 4.78 is 28.0. The molecule has 1 amide bonds. The minimum Gasteiger partial charge on any atom is -0.492 e. The molecule has 0 aliphatic rings. The minimum atomic E-state index is -3.18. The zero-order valence-corrected chi connectivity index (χ0v) is 14.4.